The maximum absolute atomic E-state index is 13.1. The van der Waals surface area contributed by atoms with Crippen molar-refractivity contribution < 1.29 is 15.0 Å². The summed E-state index contributed by atoms with van der Waals surface area (Å²) in [5.41, 5.74) is 10.5. The van der Waals surface area contributed by atoms with Crippen molar-refractivity contribution in [2.75, 3.05) is 13.2 Å². The number of β-amino-alcohol motifs (C(OH)–C–C–N with tert-alkyl or cyclic N) is 1. The normalized spacial score (nSPS) is 26.4. The summed E-state index contributed by atoms with van der Waals surface area (Å²) in [7, 11) is 0. The van der Waals surface area contributed by atoms with Crippen molar-refractivity contribution in [3.05, 3.63) is 64.7 Å². The first-order valence-electron chi connectivity index (χ1n) is 10.2. The fraction of sp³-hybridized carbons (Fsp3) is 0.435. The molecular weight excluding hydrogens is 366 g/mol. The molecule has 2 heterocycles. The van der Waals surface area contributed by atoms with Crippen LogP contribution < -0.4 is 10.9 Å². The molecule has 29 heavy (non-hydrogen) atoms. The summed E-state index contributed by atoms with van der Waals surface area (Å²) in [6.45, 7) is 6.51. The standard InChI is InChI=1S/C23H29N3O3/c1-13(2)15-5-7-16(8-6-15)22-19-20(17-12-14(3)4-9-18(17)28)24-25-21(19)23(29)26(22)10-11-27/h4-9,12-13,19-22,24-25,27-28H,10-11H2,1-3H3. The van der Waals surface area contributed by atoms with E-state index in [0.29, 0.717) is 5.92 Å². The van der Waals surface area contributed by atoms with E-state index in [1.807, 2.05) is 19.1 Å². The molecular formula is C23H29N3O3. The first-order valence-corrected chi connectivity index (χ1v) is 10.2. The maximum Gasteiger partial charge on any atom is 0.242 e. The minimum absolute atomic E-state index is 0.0240. The Bertz CT molecular complexity index is 897. The number of carbonyl (C=O) groups is 1. The Balaban J connectivity index is 1.77. The molecule has 1 amide bonds. The molecule has 2 saturated heterocycles. The van der Waals surface area contributed by atoms with E-state index in [1.165, 1.54) is 5.56 Å². The van der Waals surface area contributed by atoms with Crippen LogP contribution in [0.25, 0.3) is 0 Å². The number of benzene rings is 2. The largest absolute Gasteiger partial charge is 0.508 e. The van der Waals surface area contributed by atoms with E-state index in [0.717, 1.165) is 16.7 Å². The van der Waals surface area contributed by atoms with Gasteiger partial charge in [-0.05, 0) is 30.0 Å². The number of carbonyl (C=O) groups excluding carboxylic acids is 1. The third kappa shape index (κ3) is 3.41. The molecule has 6 heteroatoms. The molecule has 0 radical (unpaired) electrons. The van der Waals surface area contributed by atoms with Gasteiger partial charge in [0.25, 0.3) is 0 Å². The number of aryl methyl sites for hydroxylation is 1. The van der Waals surface area contributed by atoms with Gasteiger partial charge in [-0.3, -0.25) is 4.79 Å². The Kier molecular flexibility index (Phi) is 5.34. The average Bonchev–Trinajstić information content (AvgIpc) is 3.24. The second-order valence-electron chi connectivity index (χ2n) is 8.41. The third-order valence-corrected chi connectivity index (χ3v) is 6.22. The van der Waals surface area contributed by atoms with Gasteiger partial charge in [-0.25, -0.2) is 10.9 Å². The molecule has 4 N–H and O–H groups in total. The molecule has 0 bridgehead atoms. The SMILES string of the molecule is Cc1ccc(O)c(C2NNC3C(=O)N(CCO)C(c4ccc(C(C)C)cc4)C32)c1. The highest BCUT2D eigenvalue weighted by atomic mass is 16.3. The topological polar surface area (TPSA) is 84.8 Å². The summed E-state index contributed by atoms with van der Waals surface area (Å²) in [6, 6.07) is 13.1. The molecule has 2 fully saturated rings. The second-order valence-corrected chi connectivity index (χ2v) is 8.41. The lowest BCUT2D eigenvalue weighted by atomic mass is 9.82. The van der Waals surface area contributed by atoms with Gasteiger partial charge in [0.15, 0.2) is 0 Å². The number of aliphatic hydroxyl groups excluding tert-OH is 1. The van der Waals surface area contributed by atoms with E-state index in [-0.39, 0.29) is 42.8 Å². The number of phenolic OH excluding ortho intramolecular Hbond substituents is 1. The molecule has 0 aliphatic carbocycles. The van der Waals surface area contributed by atoms with Crippen LogP contribution in [0.3, 0.4) is 0 Å². The number of hydrogen-bond donors (Lipinski definition) is 4. The lowest BCUT2D eigenvalue weighted by Gasteiger charge is -2.31. The number of rotatable bonds is 5. The van der Waals surface area contributed by atoms with Gasteiger partial charge >= 0.3 is 0 Å². The van der Waals surface area contributed by atoms with Crippen molar-refractivity contribution in [2.24, 2.45) is 5.92 Å². The quantitative estimate of drug-likeness (QED) is 0.625. The lowest BCUT2D eigenvalue weighted by molar-refractivity contribution is -0.131. The molecule has 2 aromatic carbocycles. The summed E-state index contributed by atoms with van der Waals surface area (Å²) >= 11 is 0. The molecule has 0 spiro atoms. The van der Waals surface area contributed by atoms with Gasteiger partial charge in [-0.15, -0.1) is 0 Å². The van der Waals surface area contributed by atoms with Gasteiger partial charge in [0.2, 0.25) is 5.91 Å². The minimum Gasteiger partial charge on any atom is -0.508 e. The lowest BCUT2D eigenvalue weighted by Crippen LogP contribution is -2.42. The summed E-state index contributed by atoms with van der Waals surface area (Å²) in [5.74, 6) is 0.524. The number of hydrazine groups is 1. The van der Waals surface area contributed by atoms with Crippen LogP contribution in [0.1, 0.15) is 54.1 Å². The molecule has 154 valence electrons. The summed E-state index contributed by atoms with van der Waals surface area (Å²) in [5, 5.41) is 20.1. The van der Waals surface area contributed by atoms with Gasteiger partial charge in [0.05, 0.1) is 18.7 Å². The van der Waals surface area contributed by atoms with Crippen LogP contribution in [0.2, 0.25) is 0 Å². The van der Waals surface area contributed by atoms with Gasteiger partial charge in [0.1, 0.15) is 11.8 Å². The highest BCUT2D eigenvalue weighted by Gasteiger charge is 2.55. The number of nitrogens with one attached hydrogen (secondary N) is 2. The molecule has 6 nitrogen and oxygen atoms in total. The molecule has 4 atom stereocenters. The van der Waals surface area contributed by atoms with Crippen molar-refractivity contribution in [2.45, 2.75) is 44.8 Å². The number of nitrogens with zero attached hydrogens (tertiary/aromatic N) is 1. The van der Waals surface area contributed by atoms with Crippen molar-refractivity contribution in [1.82, 2.24) is 15.8 Å². The first-order chi connectivity index (χ1) is 13.9. The summed E-state index contributed by atoms with van der Waals surface area (Å²) < 4.78 is 0. The van der Waals surface area contributed by atoms with E-state index < -0.39 is 6.04 Å². The van der Waals surface area contributed by atoms with E-state index in [4.69, 9.17) is 0 Å². The number of aliphatic hydroxyl groups is 1. The number of hydrogen-bond acceptors (Lipinski definition) is 5. The molecule has 2 aliphatic heterocycles. The van der Waals surface area contributed by atoms with Crippen LogP contribution in [-0.2, 0) is 4.79 Å². The van der Waals surface area contributed by atoms with Crippen molar-refractivity contribution >= 4 is 5.91 Å². The van der Waals surface area contributed by atoms with E-state index >= 15 is 0 Å². The Morgan fingerprint density at radius 2 is 1.76 bits per heavy atom. The van der Waals surface area contributed by atoms with Crippen molar-refractivity contribution in [1.29, 1.82) is 0 Å². The predicted octanol–water partition coefficient (Wildman–Crippen LogP) is 2.53. The molecule has 4 unspecified atom stereocenters. The Labute approximate surface area is 171 Å². The van der Waals surface area contributed by atoms with Gasteiger partial charge in [-0.2, -0.15) is 0 Å². The van der Waals surface area contributed by atoms with E-state index in [2.05, 4.69) is 49.0 Å². The summed E-state index contributed by atoms with van der Waals surface area (Å²) in [6.07, 6.45) is 0. The minimum atomic E-state index is -0.402. The van der Waals surface area contributed by atoms with Crippen LogP contribution in [0.5, 0.6) is 5.75 Å². The molecule has 2 aliphatic rings. The number of amides is 1. The Hall–Kier alpha value is -2.41. The van der Waals surface area contributed by atoms with E-state index in [9.17, 15) is 15.0 Å². The number of fused-ring (bicyclic) bond motifs is 1. The van der Waals surface area contributed by atoms with Crippen LogP contribution in [0.15, 0.2) is 42.5 Å². The van der Waals surface area contributed by atoms with Crippen molar-refractivity contribution in [3.8, 4) is 5.75 Å². The number of likely N-dealkylation sites (tertiary alicyclic amines) is 1. The highest BCUT2D eigenvalue weighted by molar-refractivity contribution is 5.86. The molecule has 4 rings (SSSR count). The van der Waals surface area contributed by atoms with Crippen LogP contribution in [0.4, 0.5) is 0 Å². The molecule has 0 saturated carbocycles. The van der Waals surface area contributed by atoms with Gasteiger partial charge in [0, 0.05) is 18.0 Å². The predicted molar refractivity (Wildman–Crippen MR) is 111 cm³/mol. The monoisotopic (exact) mass is 395 g/mol. The zero-order valence-corrected chi connectivity index (χ0v) is 17.1. The zero-order valence-electron chi connectivity index (χ0n) is 17.1. The number of phenols is 1. The summed E-state index contributed by atoms with van der Waals surface area (Å²) in [4.78, 5) is 14.9. The highest BCUT2D eigenvalue weighted by Crippen LogP contribution is 2.48. The van der Waals surface area contributed by atoms with Gasteiger partial charge < -0.3 is 15.1 Å². The molecule has 0 aromatic heterocycles. The van der Waals surface area contributed by atoms with Gasteiger partial charge in [-0.1, -0.05) is 55.8 Å². The maximum atomic E-state index is 13.1. The van der Waals surface area contributed by atoms with Crippen LogP contribution in [-0.4, -0.2) is 40.2 Å². The second kappa shape index (κ2) is 7.78. The number of aromatic hydroxyl groups is 1. The zero-order chi connectivity index (χ0) is 20.7. The Morgan fingerprint density at radius 3 is 2.41 bits per heavy atom. The smallest absolute Gasteiger partial charge is 0.242 e. The average molecular weight is 396 g/mol. The van der Waals surface area contributed by atoms with Crippen molar-refractivity contribution in [3.63, 3.8) is 0 Å². The fourth-order valence-electron chi connectivity index (χ4n) is 4.72. The van der Waals surface area contributed by atoms with Crippen LogP contribution >= 0.6 is 0 Å². The molecule has 2 aromatic rings. The van der Waals surface area contributed by atoms with E-state index in [1.54, 1.807) is 11.0 Å². The Morgan fingerprint density at radius 1 is 1.07 bits per heavy atom. The van der Waals surface area contributed by atoms with Crippen LogP contribution in [0, 0.1) is 12.8 Å². The fourth-order valence-corrected chi connectivity index (χ4v) is 4.72. The first kappa shape index (κ1) is 19.9. The third-order valence-electron chi connectivity index (χ3n) is 6.22.